The number of pyridine rings is 1. The molecule has 0 bridgehead atoms. The van der Waals surface area contributed by atoms with Crippen LogP contribution in [0, 0.1) is 0 Å². The molecule has 0 aliphatic carbocycles. The van der Waals surface area contributed by atoms with Crippen LogP contribution in [0.15, 0.2) is 30.7 Å². The highest BCUT2D eigenvalue weighted by atomic mass is 16.2. The third kappa shape index (κ3) is 3.63. The van der Waals surface area contributed by atoms with Crippen LogP contribution >= 0.6 is 0 Å². The molecule has 2 aromatic heterocycles. The number of rotatable bonds is 5. The lowest BCUT2D eigenvalue weighted by atomic mass is 10.3. The summed E-state index contributed by atoms with van der Waals surface area (Å²) in [5.74, 6) is -0.117. The van der Waals surface area contributed by atoms with E-state index in [2.05, 4.69) is 25.8 Å². The highest BCUT2D eigenvalue weighted by Crippen LogP contribution is 1.93. The van der Waals surface area contributed by atoms with Crippen molar-refractivity contribution < 1.29 is 4.79 Å². The van der Waals surface area contributed by atoms with Crippen LogP contribution in [-0.4, -0.2) is 37.6 Å². The van der Waals surface area contributed by atoms with Gasteiger partial charge in [0, 0.05) is 24.9 Å². The molecule has 0 aliphatic rings. The molecule has 7 heteroatoms. The molecular weight excluding hydrogens is 220 g/mol. The zero-order valence-electron chi connectivity index (χ0n) is 9.15. The van der Waals surface area contributed by atoms with Gasteiger partial charge in [-0.3, -0.25) is 9.78 Å². The quantitative estimate of drug-likeness (QED) is 0.746. The Bertz CT molecular complexity index is 455. The normalized spacial score (nSPS) is 10.1. The number of carbonyl (C=O) groups is 1. The molecule has 0 aromatic carbocycles. The first-order valence-electron chi connectivity index (χ1n) is 5.22. The summed E-state index contributed by atoms with van der Waals surface area (Å²) in [5.41, 5.74) is 0.954. The Morgan fingerprint density at radius 1 is 1.41 bits per heavy atom. The molecule has 0 spiro atoms. The Morgan fingerprint density at radius 3 is 3.06 bits per heavy atom. The van der Waals surface area contributed by atoms with Crippen molar-refractivity contribution in [1.82, 2.24) is 30.5 Å². The number of tetrazole rings is 1. The molecule has 7 nitrogen and oxygen atoms in total. The van der Waals surface area contributed by atoms with Gasteiger partial charge in [-0.2, -0.15) is 0 Å². The van der Waals surface area contributed by atoms with Gasteiger partial charge in [0.05, 0.1) is 0 Å². The Balaban J connectivity index is 1.70. The maximum atomic E-state index is 11.5. The van der Waals surface area contributed by atoms with Crippen LogP contribution in [0.4, 0.5) is 0 Å². The van der Waals surface area contributed by atoms with Gasteiger partial charge >= 0.3 is 0 Å². The number of nitrogens with one attached hydrogen (secondary N) is 1. The van der Waals surface area contributed by atoms with Crippen LogP contribution < -0.4 is 5.32 Å². The lowest BCUT2D eigenvalue weighted by Gasteiger charge is -2.04. The van der Waals surface area contributed by atoms with Crippen LogP contribution in [0.3, 0.4) is 0 Å². The van der Waals surface area contributed by atoms with Crippen LogP contribution in [0.25, 0.3) is 0 Å². The largest absolute Gasteiger partial charge is 0.354 e. The summed E-state index contributed by atoms with van der Waals surface area (Å²) in [6, 6.07) is 5.71. The van der Waals surface area contributed by atoms with Crippen molar-refractivity contribution in [3.05, 3.63) is 36.4 Å². The second-order valence-corrected chi connectivity index (χ2v) is 3.43. The number of aromatic nitrogens is 5. The van der Waals surface area contributed by atoms with E-state index in [1.54, 1.807) is 6.20 Å². The Hall–Kier alpha value is -2.31. The average molecular weight is 232 g/mol. The number of amides is 1. The van der Waals surface area contributed by atoms with Gasteiger partial charge in [0.15, 0.2) is 0 Å². The minimum atomic E-state index is -0.117. The van der Waals surface area contributed by atoms with E-state index >= 15 is 0 Å². The van der Waals surface area contributed by atoms with Crippen molar-refractivity contribution in [3.8, 4) is 0 Å². The molecule has 0 fully saturated rings. The maximum absolute atomic E-state index is 11.5. The summed E-state index contributed by atoms with van der Waals surface area (Å²) in [6.07, 6.45) is 3.85. The van der Waals surface area contributed by atoms with Gasteiger partial charge in [-0.15, -0.1) is 5.10 Å². The molecule has 0 saturated carbocycles. The molecule has 0 radical (unpaired) electrons. The van der Waals surface area contributed by atoms with Crippen LogP contribution in [0.2, 0.25) is 0 Å². The van der Waals surface area contributed by atoms with Gasteiger partial charge < -0.3 is 5.32 Å². The molecule has 1 N–H and O–H groups in total. The second kappa shape index (κ2) is 5.69. The van der Waals surface area contributed by atoms with E-state index in [4.69, 9.17) is 0 Å². The van der Waals surface area contributed by atoms with E-state index in [1.165, 1.54) is 11.0 Å². The lowest BCUT2D eigenvalue weighted by Crippen LogP contribution is -2.29. The van der Waals surface area contributed by atoms with Gasteiger partial charge in [0.1, 0.15) is 12.9 Å². The van der Waals surface area contributed by atoms with Gasteiger partial charge in [-0.25, -0.2) is 4.68 Å². The van der Waals surface area contributed by atoms with Gasteiger partial charge in [0.25, 0.3) is 0 Å². The van der Waals surface area contributed by atoms with Crippen molar-refractivity contribution in [1.29, 1.82) is 0 Å². The standard InChI is InChI=1S/C10H12N6O/c17-10(7-16-8-13-14-15-16)12-6-4-9-3-1-2-5-11-9/h1-3,5,8H,4,6-7H2,(H,12,17). The molecule has 0 atom stereocenters. The monoisotopic (exact) mass is 232 g/mol. The van der Waals surface area contributed by atoms with Gasteiger partial charge in [-0.1, -0.05) is 6.07 Å². The summed E-state index contributed by atoms with van der Waals surface area (Å²) < 4.78 is 1.37. The fraction of sp³-hybridized carbons (Fsp3) is 0.300. The Labute approximate surface area is 97.9 Å². The summed E-state index contributed by atoms with van der Waals surface area (Å²) in [7, 11) is 0. The highest BCUT2D eigenvalue weighted by Gasteiger charge is 2.03. The number of hydrogen-bond donors (Lipinski definition) is 1. The second-order valence-electron chi connectivity index (χ2n) is 3.43. The first-order chi connectivity index (χ1) is 8.34. The van der Waals surface area contributed by atoms with Crippen LogP contribution in [-0.2, 0) is 17.8 Å². The molecular formula is C10H12N6O. The predicted molar refractivity (Wildman–Crippen MR) is 58.8 cm³/mol. The van der Waals surface area contributed by atoms with E-state index in [1.807, 2.05) is 18.2 Å². The van der Waals surface area contributed by atoms with Gasteiger partial charge in [0.2, 0.25) is 5.91 Å². The molecule has 0 aliphatic heterocycles. The molecule has 2 heterocycles. The van der Waals surface area contributed by atoms with Crippen molar-refractivity contribution in [2.45, 2.75) is 13.0 Å². The lowest BCUT2D eigenvalue weighted by molar-refractivity contribution is -0.121. The van der Waals surface area contributed by atoms with Crippen molar-refractivity contribution in [3.63, 3.8) is 0 Å². The summed E-state index contributed by atoms with van der Waals surface area (Å²) in [6.45, 7) is 0.688. The molecule has 0 saturated heterocycles. The van der Waals surface area contributed by atoms with E-state index in [0.29, 0.717) is 13.0 Å². The zero-order chi connectivity index (χ0) is 11.9. The van der Waals surface area contributed by atoms with Crippen LogP contribution in [0.5, 0.6) is 0 Å². The van der Waals surface area contributed by atoms with E-state index in [-0.39, 0.29) is 12.5 Å². The average Bonchev–Trinajstić information content (AvgIpc) is 2.83. The van der Waals surface area contributed by atoms with E-state index in [9.17, 15) is 4.79 Å². The SMILES string of the molecule is O=C(Cn1cnnn1)NCCc1ccccn1. The topological polar surface area (TPSA) is 85.6 Å². The molecule has 1 amide bonds. The minimum Gasteiger partial charge on any atom is -0.354 e. The molecule has 2 rings (SSSR count). The number of carbonyl (C=O) groups excluding carboxylic acids is 1. The number of hydrogen-bond acceptors (Lipinski definition) is 5. The third-order valence-electron chi connectivity index (χ3n) is 2.13. The zero-order valence-corrected chi connectivity index (χ0v) is 9.15. The first-order valence-corrected chi connectivity index (χ1v) is 5.22. The molecule has 0 unspecified atom stereocenters. The van der Waals surface area contributed by atoms with Crippen molar-refractivity contribution in [2.24, 2.45) is 0 Å². The fourth-order valence-corrected chi connectivity index (χ4v) is 1.33. The predicted octanol–water partition coefficient (Wildman–Crippen LogP) is -0.573. The molecule has 88 valence electrons. The molecule has 2 aromatic rings. The highest BCUT2D eigenvalue weighted by molar-refractivity contribution is 5.75. The number of nitrogens with zero attached hydrogens (tertiary/aromatic N) is 5. The van der Waals surface area contributed by atoms with Gasteiger partial charge in [-0.05, 0) is 22.6 Å². The Kier molecular flexibility index (Phi) is 3.74. The minimum absolute atomic E-state index is 0.117. The summed E-state index contributed by atoms with van der Waals surface area (Å²) >= 11 is 0. The van der Waals surface area contributed by atoms with Crippen LogP contribution in [0.1, 0.15) is 5.69 Å². The third-order valence-corrected chi connectivity index (χ3v) is 2.13. The first kappa shape index (κ1) is 11.2. The van der Waals surface area contributed by atoms with Crippen molar-refractivity contribution >= 4 is 5.91 Å². The summed E-state index contributed by atoms with van der Waals surface area (Å²) in [4.78, 5) is 15.6. The summed E-state index contributed by atoms with van der Waals surface area (Å²) in [5, 5.41) is 13.3. The Morgan fingerprint density at radius 2 is 2.35 bits per heavy atom. The van der Waals surface area contributed by atoms with E-state index in [0.717, 1.165) is 5.69 Å². The van der Waals surface area contributed by atoms with Crippen molar-refractivity contribution in [2.75, 3.05) is 6.54 Å². The molecule has 17 heavy (non-hydrogen) atoms. The maximum Gasteiger partial charge on any atom is 0.241 e. The fourth-order valence-electron chi connectivity index (χ4n) is 1.33. The smallest absolute Gasteiger partial charge is 0.241 e. The van der Waals surface area contributed by atoms with E-state index < -0.39 is 0 Å².